The van der Waals surface area contributed by atoms with Crippen LogP contribution in [0.2, 0.25) is 0 Å². The van der Waals surface area contributed by atoms with Crippen LogP contribution in [0, 0.1) is 5.41 Å². The van der Waals surface area contributed by atoms with E-state index in [1.54, 1.807) is 0 Å². The molecular weight excluding hydrogens is 290 g/mol. The Balaban J connectivity index is 2.28. The van der Waals surface area contributed by atoms with E-state index < -0.39 is 0 Å². The number of hydrogen-bond donors (Lipinski definition) is 2. The molecule has 4 heteroatoms. The fourth-order valence-corrected chi connectivity index (χ4v) is 1.95. The maximum Gasteiger partial charge on any atom is 0.124 e. The molecule has 0 unspecified atom stereocenters. The van der Waals surface area contributed by atoms with Crippen molar-refractivity contribution in [2.45, 2.75) is 26.8 Å². The van der Waals surface area contributed by atoms with E-state index in [9.17, 15) is 0 Å². The lowest BCUT2D eigenvalue weighted by molar-refractivity contribution is 0.317. The molecule has 18 heavy (non-hydrogen) atoms. The summed E-state index contributed by atoms with van der Waals surface area (Å²) in [5.74, 6) is 0.834. The van der Waals surface area contributed by atoms with Crippen LogP contribution in [-0.4, -0.2) is 9.97 Å². The van der Waals surface area contributed by atoms with E-state index >= 15 is 0 Å². The van der Waals surface area contributed by atoms with Crippen LogP contribution in [0.5, 0.6) is 0 Å². The van der Waals surface area contributed by atoms with Gasteiger partial charge in [0, 0.05) is 4.47 Å². The maximum absolute atomic E-state index is 6.19. The summed E-state index contributed by atoms with van der Waals surface area (Å²) in [4.78, 5) is 7.69. The molecule has 0 amide bonds. The number of nitrogens with zero attached hydrogens (tertiary/aromatic N) is 1. The van der Waals surface area contributed by atoms with E-state index in [0.717, 1.165) is 21.6 Å². The zero-order valence-corrected chi connectivity index (χ0v) is 12.5. The molecule has 1 heterocycles. The van der Waals surface area contributed by atoms with Crippen molar-refractivity contribution in [1.82, 2.24) is 9.97 Å². The number of rotatable bonds is 2. The van der Waals surface area contributed by atoms with Crippen LogP contribution in [-0.2, 0) is 0 Å². The Bertz CT molecular complexity index is 523. The minimum atomic E-state index is -0.0956. The average molecular weight is 308 g/mol. The first-order valence-corrected chi connectivity index (χ1v) is 6.73. The van der Waals surface area contributed by atoms with Crippen molar-refractivity contribution in [3.63, 3.8) is 0 Å². The molecule has 96 valence electrons. The van der Waals surface area contributed by atoms with Crippen LogP contribution in [0.15, 0.2) is 34.9 Å². The number of halogens is 1. The molecule has 2 aromatic rings. The summed E-state index contributed by atoms with van der Waals surface area (Å²) in [6.07, 6.45) is 1.84. The topological polar surface area (TPSA) is 54.7 Å². The Morgan fingerprint density at radius 1 is 1.22 bits per heavy atom. The number of nitrogens with one attached hydrogen (secondary N) is 1. The molecule has 0 spiro atoms. The molecule has 2 rings (SSSR count). The monoisotopic (exact) mass is 307 g/mol. The summed E-state index contributed by atoms with van der Waals surface area (Å²) in [7, 11) is 0. The zero-order chi connectivity index (χ0) is 13.3. The highest BCUT2D eigenvalue weighted by Crippen LogP contribution is 2.30. The smallest absolute Gasteiger partial charge is 0.124 e. The van der Waals surface area contributed by atoms with E-state index in [-0.39, 0.29) is 11.5 Å². The van der Waals surface area contributed by atoms with Gasteiger partial charge in [0.2, 0.25) is 0 Å². The van der Waals surface area contributed by atoms with Crippen LogP contribution in [0.3, 0.4) is 0 Å². The van der Waals surface area contributed by atoms with Gasteiger partial charge in [-0.2, -0.15) is 0 Å². The Kier molecular flexibility index (Phi) is 3.59. The maximum atomic E-state index is 6.19. The second-order valence-electron chi connectivity index (χ2n) is 5.53. The van der Waals surface area contributed by atoms with Crippen molar-refractivity contribution in [2.75, 3.05) is 0 Å². The van der Waals surface area contributed by atoms with Crippen LogP contribution < -0.4 is 5.73 Å². The number of aromatic nitrogens is 2. The third-order valence-corrected chi connectivity index (χ3v) is 3.51. The van der Waals surface area contributed by atoms with Crippen LogP contribution in [0.25, 0.3) is 11.3 Å². The third-order valence-electron chi connectivity index (χ3n) is 2.98. The number of aromatic amines is 1. The first kappa shape index (κ1) is 13.3. The second kappa shape index (κ2) is 4.86. The van der Waals surface area contributed by atoms with Gasteiger partial charge in [-0.05, 0) is 23.1 Å². The number of imidazole rings is 1. The van der Waals surface area contributed by atoms with Gasteiger partial charge in [0.05, 0.1) is 17.9 Å². The third kappa shape index (κ3) is 2.82. The van der Waals surface area contributed by atoms with Crippen LogP contribution >= 0.6 is 15.9 Å². The van der Waals surface area contributed by atoms with Gasteiger partial charge in [-0.3, -0.25) is 0 Å². The Morgan fingerprint density at radius 2 is 1.83 bits per heavy atom. The highest BCUT2D eigenvalue weighted by molar-refractivity contribution is 9.10. The van der Waals surface area contributed by atoms with Crippen LogP contribution in [0.4, 0.5) is 0 Å². The van der Waals surface area contributed by atoms with Crippen molar-refractivity contribution in [3.05, 3.63) is 40.8 Å². The predicted octanol–water partition coefficient (Wildman–Crippen LogP) is 3.89. The van der Waals surface area contributed by atoms with Gasteiger partial charge < -0.3 is 10.7 Å². The molecule has 0 aliphatic carbocycles. The Hall–Kier alpha value is -1.13. The van der Waals surface area contributed by atoms with Crippen molar-refractivity contribution in [1.29, 1.82) is 0 Å². The average Bonchev–Trinajstić information content (AvgIpc) is 2.77. The van der Waals surface area contributed by atoms with Crippen molar-refractivity contribution >= 4 is 15.9 Å². The van der Waals surface area contributed by atoms with Gasteiger partial charge in [0.1, 0.15) is 5.82 Å². The largest absolute Gasteiger partial charge is 0.341 e. The second-order valence-corrected chi connectivity index (χ2v) is 6.45. The fourth-order valence-electron chi connectivity index (χ4n) is 1.68. The molecule has 0 fully saturated rings. The van der Waals surface area contributed by atoms with Crippen molar-refractivity contribution < 1.29 is 0 Å². The van der Waals surface area contributed by atoms with E-state index in [4.69, 9.17) is 5.73 Å². The summed E-state index contributed by atoms with van der Waals surface area (Å²) >= 11 is 3.43. The molecule has 1 aromatic carbocycles. The molecule has 3 nitrogen and oxygen atoms in total. The molecule has 3 N–H and O–H groups in total. The van der Waals surface area contributed by atoms with E-state index in [1.807, 2.05) is 30.5 Å². The van der Waals surface area contributed by atoms with Gasteiger partial charge in [0.15, 0.2) is 0 Å². The fraction of sp³-hybridized carbons (Fsp3) is 0.357. The lowest BCUT2D eigenvalue weighted by Gasteiger charge is -2.24. The minimum absolute atomic E-state index is 0.00512. The lowest BCUT2D eigenvalue weighted by atomic mass is 9.87. The summed E-state index contributed by atoms with van der Waals surface area (Å²) in [5, 5.41) is 0. The Labute approximate surface area is 116 Å². The van der Waals surface area contributed by atoms with Gasteiger partial charge in [-0.25, -0.2) is 4.98 Å². The van der Waals surface area contributed by atoms with Crippen molar-refractivity contribution in [2.24, 2.45) is 11.1 Å². The van der Waals surface area contributed by atoms with Gasteiger partial charge in [0.25, 0.3) is 0 Å². The summed E-state index contributed by atoms with van der Waals surface area (Å²) in [5.41, 5.74) is 8.29. The first-order valence-electron chi connectivity index (χ1n) is 5.94. The van der Waals surface area contributed by atoms with Gasteiger partial charge in [-0.15, -0.1) is 0 Å². The standard InChI is InChI=1S/C14H18BrN3/c1-14(2,3)12(16)13-17-8-11(18-13)9-4-6-10(15)7-5-9/h4-8,12H,16H2,1-3H3,(H,17,18)/t12-/m1/s1. The molecule has 0 aliphatic rings. The van der Waals surface area contributed by atoms with Crippen molar-refractivity contribution in [3.8, 4) is 11.3 Å². The van der Waals surface area contributed by atoms with E-state index in [2.05, 4.69) is 46.7 Å². The summed E-state index contributed by atoms with van der Waals surface area (Å²) in [6.45, 7) is 6.33. The highest BCUT2D eigenvalue weighted by atomic mass is 79.9. The molecule has 0 radical (unpaired) electrons. The zero-order valence-electron chi connectivity index (χ0n) is 10.9. The van der Waals surface area contributed by atoms with Crippen LogP contribution in [0.1, 0.15) is 32.6 Å². The Morgan fingerprint density at radius 3 is 2.39 bits per heavy atom. The molecule has 1 aromatic heterocycles. The molecule has 0 aliphatic heterocycles. The quantitative estimate of drug-likeness (QED) is 0.884. The number of benzene rings is 1. The molecular formula is C14H18BrN3. The number of nitrogens with two attached hydrogens (primary N) is 1. The lowest BCUT2D eigenvalue weighted by Crippen LogP contribution is -2.27. The molecule has 0 saturated heterocycles. The first-order chi connectivity index (χ1) is 8.38. The SMILES string of the molecule is CC(C)(C)[C@H](N)c1ncc(-c2ccc(Br)cc2)[nH]1. The number of hydrogen-bond acceptors (Lipinski definition) is 2. The highest BCUT2D eigenvalue weighted by Gasteiger charge is 2.24. The van der Waals surface area contributed by atoms with E-state index in [1.165, 1.54) is 0 Å². The predicted molar refractivity (Wildman–Crippen MR) is 78.1 cm³/mol. The normalized spacial score (nSPS) is 13.6. The summed E-state index contributed by atoms with van der Waals surface area (Å²) in [6, 6.07) is 8.02. The molecule has 0 saturated carbocycles. The molecule has 1 atom stereocenters. The van der Waals surface area contributed by atoms with Gasteiger partial charge >= 0.3 is 0 Å². The van der Waals surface area contributed by atoms with Gasteiger partial charge in [-0.1, -0.05) is 48.8 Å². The van der Waals surface area contributed by atoms with E-state index in [0.29, 0.717) is 0 Å². The summed E-state index contributed by atoms with van der Waals surface area (Å²) < 4.78 is 1.07. The number of H-pyrrole nitrogens is 1. The molecule has 0 bridgehead atoms. The minimum Gasteiger partial charge on any atom is -0.341 e.